The summed E-state index contributed by atoms with van der Waals surface area (Å²) in [7, 11) is 1.88. The van der Waals surface area contributed by atoms with Crippen LogP contribution >= 0.6 is 0 Å². The van der Waals surface area contributed by atoms with Crippen LogP contribution in [0.2, 0.25) is 0 Å². The Kier molecular flexibility index (Phi) is 3.71. The third kappa shape index (κ3) is 2.27. The number of amides is 1. The van der Waals surface area contributed by atoms with E-state index < -0.39 is 5.54 Å². The summed E-state index contributed by atoms with van der Waals surface area (Å²) in [6.45, 7) is 5.83. The van der Waals surface area contributed by atoms with Crippen molar-refractivity contribution < 1.29 is 4.79 Å². The van der Waals surface area contributed by atoms with E-state index >= 15 is 0 Å². The van der Waals surface area contributed by atoms with Gasteiger partial charge in [-0.3, -0.25) is 10.1 Å². The van der Waals surface area contributed by atoms with Gasteiger partial charge in [0.15, 0.2) is 0 Å². The molecule has 1 aliphatic heterocycles. The Labute approximate surface area is 109 Å². The third-order valence-electron chi connectivity index (χ3n) is 3.86. The molecule has 1 aromatic carbocycles. The lowest BCUT2D eigenvalue weighted by Crippen LogP contribution is -2.50. The van der Waals surface area contributed by atoms with Crippen LogP contribution < -0.4 is 5.32 Å². The van der Waals surface area contributed by atoms with E-state index in [1.54, 1.807) is 0 Å². The molecule has 2 rings (SSSR count). The monoisotopic (exact) mass is 246 g/mol. The van der Waals surface area contributed by atoms with Gasteiger partial charge in [0.25, 0.3) is 0 Å². The molecule has 0 bridgehead atoms. The highest BCUT2D eigenvalue weighted by molar-refractivity contribution is 5.87. The zero-order chi connectivity index (χ0) is 13.2. The molecule has 0 aromatic heterocycles. The summed E-state index contributed by atoms with van der Waals surface area (Å²) in [5.41, 5.74) is 1.77. The van der Waals surface area contributed by atoms with Gasteiger partial charge in [-0.1, -0.05) is 31.2 Å². The zero-order valence-corrected chi connectivity index (χ0v) is 11.5. The second-order valence-electron chi connectivity index (χ2n) is 5.18. The Bertz CT molecular complexity index is 427. The van der Waals surface area contributed by atoms with E-state index in [9.17, 15) is 4.79 Å². The number of benzene rings is 1. The molecule has 3 nitrogen and oxygen atoms in total. The number of hydrogen-bond donors (Lipinski definition) is 1. The Hall–Kier alpha value is -1.35. The van der Waals surface area contributed by atoms with Crippen molar-refractivity contribution in [1.82, 2.24) is 10.2 Å². The summed E-state index contributed by atoms with van der Waals surface area (Å²) in [4.78, 5) is 14.3. The maximum atomic E-state index is 12.5. The zero-order valence-electron chi connectivity index (χ0n) is 11.5. The van der Waals surface area contributed by atoms with Gasteiger partial charge in [-0.2, -0.15) is 0 Å². The van der Waals surface area contributed by atoms with Crippen LogP contribution in [-0.4, -0.2) is 30.9 Å². The van der Waals surface area contributed by atoms with E-state index in [4.69, 9.17) is 0 Å². The third-order valence-corrected chi connectivity index (χ3v) is 3.86. The van der Waals surface area contributed by atoms with Gasteiger partial charge in [0.1, 0.15) is 5.54 Å². The van der Waals surface area contributed by atoms with Gasteiger partial charge in [-0.15, -0.1) is 0 Å². The Morgan fingerprint density at radius 2 is 2.00 bits per heavy atom. The maximum absolute atomic E-state index is 12.5. The van der Waals surface area contributed by atoms with Gasteiger partial charge >= 0.3 is 0 Å². The smallest absolute Gasteiger partial charge is 0.246 e. The summed E-state index contributed by atoms with van der Waals surface area (Å²) in [5.74, 6) is 0.157. The largest absolute Gasteiger partial charge is 0.344 e. The van der Waals surface area contributed by atoms with E-state index in [2.05, 4.69) is 36.5 Å². The average Bonchev–Trinajstić information content (AvgIpc) is 2.53. The topological polar surface area (TPSA) is 32.3 Å². The standard InChI is InChI=1S/C15H22N2O/c1-4-12-6-8-13(9-7-12)15(2)14(18)17(3)11-5-10-16-15/h6-9,16H,4-5,10-11H2,1-3H3. The van der Waals surface area contributed by atoms with Crippen molar-refractivity contribution in [3.05, 3.63) is 35.4 Å². The van der Waals surface area contributed by atoms with Crippen LogP contribution in [0.5, 0.6) is 0 Å². The molecule has 98 valence electrons. The van der Waals surface area contributed by atoms with Crippen LogP contribution in [0.15, 0.2) is 24.3 Å². The Morgan fingerprint density at radius 1 is 1.33 bits per heavy atom. The highest BCUT2D eigenvalue weighted by Crippen LogP contribution is 2.25. The minimum Gasteiger partial charge on any atom is -0.344 e. The summed E-state index contributed by atoms with van der Waals surface area (Å²) < 4.78 is 0. The molecule has 1 N–H and O–H groups in total. The summed E-state index contributed by atoms with van der Waals surface area (Å²) in [6.07, 6.45) is 2.03. The highest BCUT2D eigenvalue weighted by Gasteiger charge is 2.38. The fourth-order valence-corrected chi connectivity index (χ4v) is 2.51. The first-order valence-corrected chi connectivity index (χ1v) is 6.68. The van der Waals surface area contributed by atoms with Crippen LogP contribution in [0.25, 0.3) is 0 Å². The number of carbonyl (C=O) groups is 1. The van der Waals surface area contributed by atoms with Gasteiger partial charge in [0, 0.05) is 13.6 Å². The van der Waals surface area contributed by atoms with Gasteiger partial charge in [0.2, 0.25) is 5.91 Å². The average molecular weight is 246 g/mol. The van der Waals surface area contributed by atoms with Crippen molar-refractivity contribution >= 4 is 5.91 Å². The van der Waals surface area contributed by atoms with Crippen molar-refractivity contribution in [3.63, 3.8) is 0 Å². The van der Waals surface area contributed by atoms with Gasteiger partial charge in [-0.25, -0.2) is 0 Å². The second kappa shape index (κ2) is 5.11. The van der Waals surface area contributed by atoms with Gasteiger partial charge in [-0.05, 0) is 37.4 Å². The number of nitrogens with one attached hydrogen (secondary N) is 1. The van der Waals surface area contributed by atoms with Crippen LogP contribution in [-0.2, 0) is 16.8 Å². The maximum Gasteiger partial charge on any atom is 0.246 e. The van der Waals surface area contributed by atoms with E-state index in [0.717, 1.165) is 31.5 Å². The first kappa shape index (κ1) is 13.1. The van der Waals surface area contributed by atoms with Crippen molar-refractivity contribution in [2.24, 2.45) is 0 Å². The molecule has 1 aromatic rings. The van der Waals surface area contributed by atoms with Crippen molar-refractivity contribution in [2.75, 3.05) is 20.1 Å². The normalized spacial score (nSPS) is 25.1. The van der Waals surface area contributed by atoms with Crippen LogP contribution in [0.3, 0.4) is 0 Å². The molecule has 1 aliphatic rings. The molecular weight excluding hydrogens is 224 g/mol. The lowest BCUT2D eigenvalue weighted by molar-refractivity contribution is -0.135. The second-order valence-corrected chi connectivity index (χ2v) is 5.18. The number of likely N-dealkylation sites (N-methyl/N-ethyl adjacent to an activating group) is 1. The lowest BCUT2D eigenvalue weighted by Gasteiger charge is -2.31. The first-order chi connectivity index (χ1) is 8.58. The van der Waals surface area contributed by atoms with Crippen molar-refractivity contribution in [2.45, 2.75) is 32.2 Å². The lowest BCUT2D eigenvalue weighted by atomic mass is 9.90. The summed E-state index contributed by atoms with van der Waals surface area (Å²) >= 11 is 0. The number of rotatable bonds is 2. The number of nitrogens with zero attached hydrogens (tertiary/aromatic N) is 1. The molecule has 1 saturated heterocycles. The molecular formula is C15H22N2O. The Morgan fingerprint density at radius 3 is 2.61 bits per heavy atom. The van der Waals surface area contributed by atoms with Crippen molar-refractivity contribution in [1.29, 1.82) is 0 Å². The van der Waals surface area contributed by atoms with Crippen molar-refractivity contribution in [3.8, 4) is 0 Å². The quantitative estimate of drug-likeness (QED) is 0.864. The van der Waals surface area contributed by atoms with Gasteiger partial charge < -0.3 is 4.90 Å². The number of aryl methyl sites for hydroxylation is 1. The van der Waals surface area contributed by atoms with Crippen LogP contribution in [0.4, 0.5) is 0 Å². The molecule has 18 heavy (non-hydrogen) atoms. The fourth-order valence-electron chi connectivity index (χ4n) is 2.51. The van der Waals surface area contributed by atoms with E-state index in [1.165, 1.54) is 5.56 Å². The van der Waals surface area contributed by atoms with Crippen LogP contribution in [0.1, 0.15) is 31.4 Å². The number of hydrogen-bond acceptors (Lipinski definition) is 2. The fraction of sp³-hybridized carbons (Fsp3) is 0.533. The molecule has 0 saturated carbocycles. The van der Waals surface area contributed by atoms with Crippen LogP contribution in [0, 0.1) is 0 Å². The van der Waals surface area contributed by atoms with E-state index in [1.807, 2.05) is 18.9 Å². The minimum atomic E-state index is -0.586. The SMILES string of the molecule is CCc1ccc(C2(C)NCCCN(C)C2=O)cc1. The predicted octanol–water partition coefficient (Wildman–Crippen LogP) is 1.92. The molecule has 3 heteroatoms. The number of carbonyl (C=O) groups excluding carboxylic acids is 1. The van der Waals surface area contributed by atoms with Gasteiger partial charge in [0.05, 0.1) is 0 Å². The molecule has 0 radical (unpaired) electrons. The summed E-state index contributed by atoms with van der Waals surface area (Å²) in [6, 6.07) is 8.37. The molecule has 1 fully saturated rings. The minimum absolute atomic E-state index is 0.157. The summed E-state index contributed by atoms with van der Waals surface area (Å²) in [5, 5.41) is 3.40. The molecule has 1 heterocycles. The van der Waals surface area contributed by atoms with E-state index in [0.29, 0.717) is 0 Å². The molecule has 0 spiro atoms. The molecule has 1 unspecified atom stereocenters. The molecule has 1 atom stereocenters. The highest BCUT2D eigenvalue weighted by atomic mass is 16.2. The molecule has 1 amide bonds. The predicted molar refractivity (Wildman–Crippen MR) is 73.4 cm³/mol. The van der Waals surface area contributed by atoms with E-state index in [-0.39, 0.29) is 5.91 Å². The Balaban J connectivity index is 2.34. The molecule has 0 aliphatic carbocycles. The first-order valence-electron chi connectivity index (χ1n) is 6.68.